The van der Waals surface area contributed by atoms with Crippen molar-refractivity contribution in [2.24, 2.45) is 11.3 Å². The van der Waals surface area contributed by atoms with Gasteiger partial charge in [-0.15, -0.1) is 11.6 Å². The fourth-order valence-corrected chi connectivity index (χ4v) is 3.11. The molecule has 1 unspecified atom stereocenters. The molecule has 0 aliphatic carbocycles. The molecule has 0 N–H and O–H groups in total. The number of alkyl halides is 1. The van der Waals surface area contributed by atoms with E-state index in [-0.39, 0.29) is 5.41 Å². The zero-order chi connectivity index (χ0) is 10.6. The van der Waals surface area contributed by atoms with E-state index in [2.05, 4.69) is 0 Å². The third kappa shape index (κ3) is 3.08. The molecule has 0 radical (unpaired) electrons. The van der Waals surface area contributed by atoms with Crippen LogP contribution in [0.4, 0.5) is 0 Å². The van der Waals surface area contributed by atoms with E-state index in [1.54, 1.807) is 0 Å². The van der Waals surface area contributed by atoms with E-state index in [4.69, 9.17) is 21.1 Å². The predicted molar refractivity (Wildman–Crippen MR) is 61.4 cm³/mol. The molecule has 88 valence electrons. The van der Waals surface area contributed by atoms with Crippen molar-refractivity contribution in [1.82, 2.24) is 0 Å². The number of ether oxygens (including phenoxy) is 2. The van der Waals surface area contributed by atoms with Gasteiger partial charge in [-0.05, 0) is 38.0 Å². The lowest BCUT2D eigenvalue weighted by molar-refractivity contribution is -0.0224. The number of halogens is 1. The highest BCUT2D eigenvalue weighted by atomic mass is 35.5. The van der Waals surface area contributed by atoms with E-state index in [9.17, 15) is 0 Å². The van der Waals surface area contributed by atoms with Crippen molar-refractivity contribution >= 4 is 11.6 Å². The maximum absolute atomic E-state index is 6.15. The standard InChI is InChI=1S/C12H21ClO2/c13-9-12(4-1-5-15-10-12)8-11-2-6-14-7-3-11/h11H,1-10H2. The highest BCUT2D eigenvalue weighted by molar-refractivity contribution is 6.18. The van der Waals surface area contributed by atoms with Crippen LogP contribution in [-0.4, -0.2) is 32.3 Å². The van der Waals surface area contributed by atoms with E-state index in [1.807, 2.05) is 0 Å². The SMILES string of the molecule is ClCC1(CC2CCOCC2)CCCOC1. The molecule has 0 bridgehead atoms. The third-order valence-electron chi connectivity index (χ3n) is 3.75. The molecule has 0 amide bonds. The van der Waals surface area contributed by atoms with Crippen LogP contribution in [-0.2, 0) is 9.47 Å². The molecule has 0 saturated carbocycles. The maximum Gasteiger partial charge on any atom is 0.0533 e. The molecule has 0 spiro atoms. The molecule has 2 aliphatic rings. The maximum atomic E-state index is 6.15. The van der Waals surface area contributed by atoms with Gasteiger partial charge in [0.25, 0.3) is 0 Å². The van der Waals surface area contributed by atoms with Crippen LogP contribution >= 0.6 is 11.6 Å². The third-order valence-corrected chi connectivity index (χ3v) is 4.32. The molecule has 1 atom stereocenters. The lowest BCUT2D eigenvalue weighted by Gasteiger charge is -2.39. The second-order valence-electron chi connectivity index (χ2n) is 5.05. The van der Waals surface area contributed by atoms with Gasteiger partial charge in [0.05, 0.1) is 6.61 Å². The highest BCUT2D eigenvalue weighted by Gasteiger charge is 2.34. The number of hydrogen-bond acceptors (Lipinski definition) is 2. The van der Waals surface area contributed by atoms with Gasteiger partial charge in [-0.25, -0.2) is 0 Å². The first-order chi connectivity index (χ1) is 7.35. The fraction of sp³-hybridized carbons (Fsp3) is 1.00. The Morgan fingerprint density at radius 3 is 2.53 bits per heavy atom. The number of rotatable bonds is 3. The summed E-state index contributed by atoms with van der Waals surface area (Å²) in [6.07, 6.45) is 6.07. The quantitative estimate of drug-likeness (QED) is 0.697. The zero-order valence-electron chi connectivity index (χ0n) is 9.34. The summed E-state index contributed by atoms with van der Waals surface area (Å²) in [5.41, 5.74) is 0.266. The minimum atomic E-state index is 0.266. The van der Waals surface area contributed by atoms with Crippen LogP contribution in [0, 0.1) is 11.3 Å². The van der Waals surface area contributed by atoms with Gasteiger partial charge in [0.1, 0.15) is 0 Å². The largest absolute Gasteiger partial charge is 0.381 e. The molecule has 2 aliphatic heterocycles. The Hall–Kier alpha value is 0.210. The monoisotopic (exact) mass is 232 g/mol. The molecule has 0 aromatic heterocycles. The summed E-state index contributed by atoms with van der Waals surface area (Å²) in [6.45, 7) is 3.66. The van der Waals surface area contributed by atoms with Crippen LogP contribution in [0.25, 0.3) is 0 Å². The lowest BCUT2D eigenvalue weighted by atomic mass is 9.75. The molecule has 0 aromatic carbocycles. The Morgan fingerprint density at radius 2 is 1.93 bits per heavy atom. The lowest BCUT2D eigenvalue weighted by Crippen LogP contribution is -2.36. The summed E-state index contributed by atoms with van der Waals surface area (Å²) in [4.78, 5) is 0. The van der Waals surface area contributed by atoms with Crippen LogP contribution in [0.3, 0.4) is 0 Å². The molecule has 3 heteroatoms. The average Bonchev–Trinajstić information content (AvgIpc) is 2.32. The van der Waals surface area contributed by atoms with Gasteiger partial charge in [0.2, 0.25) is 0 Å². The van der Waals surface area contributed by atoms with E-state index in [0.717, 1.165) is 38.2 Å². The molecular formula is C12H21ClO2. The Kier molecular flexibility index (Phi) is 4.30. The summed E-state index contributed by atoms with van der Waals surface area (Å²) in [5.74, 6) is 1.56. The van der Waals surface area contributed by atoms with Crippen molar-refractivity contribution in [3.8, 4) is 0 Å². The Bertz CT molecular complexity index is 184. The topological polar surface area (TPSA) is 18.5 Å². The van der Waals surface area contributed by atoms with E-state index in [1.165, 1.54) is 32.1 Å². The summed E-state index contributed by atoms with van der Waals surface area (Å²) < 4.78 is 11.0. The second kappa shape index (κ2) is 5.51. The van der Waals surface area contributed by atoms with Gasteiger partial charge in [0, 0.05) is 31.1 Å². The van der Waals surface area contributed by atoms with Gasteiger partial charge < -0.3 is 9.47 Å². The van der Waals surface area contributed by atoms with Crippen LogP contribution in [0.1, 0.15) is 32.1 Å². The minimum Gasteiger partial charge on any atom is -0.381 e. The fourth-order valence-electron chi connectivity index (χ4n) is 2.79. The Balaban J connectivity index is 1.87. The first-order valence-corrected chi connectivity index (χ1v) is 6.60. The molecule has 2 rings (SSSR count). The molecule has 0 aromatic rings. The Labute approximate surface area is 97.3 Å². The second-order valence-corrected chi connectivity index (χ2v) is 5.32. The smallest absolute Gasteiger partial charge is 0.0533 e. The van der Waals surface area contributed by atoms with Crippen LogP contribution < -0.4 is 0 Å². The van der Waals surface area contributed by atoms with Gasteiger partial charge >= 0.3 is 0 Å². The van der Waals surface area contributed by atoms with Crippen LogP contribution in [0.2, 0.25) is 0 Å². The zero-order valence-corrected chi connectivity index (χ0v) is 10.1. The van der Waals surface area contributed by atoms with Gasteiger partial charge in [-0.3, -0.25) is 0 Å². The van der Waals surface area contributed by atoms with E-state index < -0.39 is 0 Å². The Morgan fingerprint density at radius 1 is 1.13 bits per heavy atom. The van der Waals surface area contributed by atoms with Crippen molar-refractivity contribution in [2.75, 3.05) is 32.3 Å². The van der Waals surface area contributed by atoms with Gasteiger partial charge in [0.15, 0.2) is 0 Å². The molecule has 2 heterocycles. The van der Waals surface area contributed by atoms with Crippen molar-refractivity contribution in [1.29, 1.82) is 0 Å². The normalized spacial score (nSPS) is 34.2. The first kappa shape index (κ1) is 11.7. The first-order valence-electron chi connectivity index (χ1n) is 6.06. The summed E-state index contributed by atoms with van der Waals surface area (Å²) in [7, 11) is 0. The molecule has 15 heavy (non-hydrogen) atoms. The predicted octanol–water partition coefficient (Wildman–Crippen LogP) is 2.84. The number of hydrogen-bond donors (Lipinski definition) is 0. The van der Waals surface area contributed by atoms with Crippen molar-refractivity contribution in [3.05, 3.63) is 0 Å². The van der Waals surface area contributed by atoms with Gasteiger partial charge in [-0.2, -0.15) is 0 Å². The van der Waals surface area contributed by atoms with Crippen molar-refractivity contribution < 1.29 is 9.47 Å². The highest BCUT2D eigenvalue weighted by Crippen LogP contribution is 2.38. The minimum absolute atomic E-state index is 0.266. The van der Waals surface area contributed by atoms with Gasteiger partial charge in [-0.1, -0.05) is 0 Å². The molecule has 2 fully saturated rings. The van der Waals surface area contributed by atoms with Crippen LogP contribution in [0.5, 0.6) is 0 Å². The van der Waals surface area contributed by atoms with Crippen LogP contribution in [0.15, 0.2) is 0 Å². The summed E-state index contributed by atoms with van der Waals surface area (Å²) in [6, 6.07) is 0. The molecule has 2 nitrogen and oxygen atoms in total. The summed E-state index contributed by atoms with van der Waals surface area (Å²) in [5, 5.41) is 0. The van der Waals surface area contributed by atoms with E-state index in [0.29, 0.717) is 0 Å². The summed E-state index contributed by atoms with van der Waals surface area (Å²) >= 11 is 6.15. The van der Waals surface area contributed by atoms with E-state index >= 15 is 0 Å². The van der Waals surface area contributed by atoms with Crippen molar-refractivity contribution in [2.45, 2.75) is 32.1 Å². The molecule has 2 saturated heterocycles. The van der Waals surface area contributed by atoms with Crippen molar-refractivity contribution in [3.63, 3.8) is 0 Å². The average molecular weight is 233 g/mol. The molecular weight excluding hydrogens is 212 g/mol.